The van der Waals surface area contributed by atoms with Crippen LogP contribution in [0.2, 0.25) is 0 Å². The molecule has 0 aliphatic carbocycles. The van der Waals surface area contributed by atoms with Gasteiger partial charge in [0.05, 0.1) is 0 Å². The molecule has 3 nitrogen and oxygen atoms in total. The lowest BCUT2D eigenvalue weighted by Crippen LogP contribution is -2.51. The molecule has 0 fully saturated rings. The number of carbonyl (C=O) groups is 1. The summed E-state index contributed by atoms with van der Waals surface area (Å²) < 4.78 is 0. The Morgan fingerprint density at radius 1 is 1.33 bits per heavy atom. The first kappa shape index (κ1) is 15.1. The number of carboxylic acid groups (broad SMARTS) is 1. The van der Waals surface area contributed by atoms with Crippen molar-refractivity contribution in [3.05, 3.63) is 35.9 Å². The molecule has 0 heterocycles. The van der Waals surface area contributed by atoms with Crippen LogP contribution in [0.15, 0.2) is 30.3 Å². The van der Waals surface area contributed by atoms with Gasteiger partial charge in [0.25, 0.3) is 0 Å². The number of carboxylic acids is 1. The van der Waals surface area contributed by atoms with Gasteiger partial charge in [-0.3, -0.25) is 5.32 Å². The summed E-state index contributed by atoms with van der Waals surface area (Å²) in [5, 5.41) is 12.9. The van der Waals surface area contributed by atoms with E-state index in [0.717, 1.165) is 17.7 Å². The molecule has 0 saturated carbocycles. The Hall–Kier alpha value is -1.00. The zero-order valence-corrected chi connectivity index (χ0v) is 11.8. The second-order valence-corrected chi connectivity index (χ2v) is 5.41. The lowest BCUT2D eigenvalue weighted by molar-refractivity contribution is -0.144. The minimum atomic E-state index is -0.974. The van der Waals surface area contributed by atoms with Gasteiger partial charge in [0.2, 0.25) is 0 Å². The molecule has 0 aliphatic heterocycles. The standard InChI is InChI=1S/C14H21NO2S/c1-3-10-15-14(13(16)17,11-18-4-2)12-8-6-5-7-9-12/h5-9,15H,3-4,10-11H2,1-2H3,(H,16,17). The van der Waals surface area contributed by atoms with E-state index < -0.39 is 11.5 Å². The Labute approximate surface area is 113 Å². The van der Waals surface area contributed by atoms with Gasteiger partial charge >= 0.3 is 5.97 Å². The second kappa shape index (κ2) is 7.44. The van der Waals surface area contributed by atoms with Crippen molar-refractivity contribution in [2.45, 2.75) is 25.8 Å². The van der Waals surface area contributed by atoms with Crippen LogP contribution < -0.4 is 5.32 Å². The zero-order valence-electron chi connectivity index (χ0n) is 11.0. The Morgan fingerprint density at radius 2 is 2.00 bits per heavy atom. The van der Waals surface area contributed by atoms with Gasteiger partial charge in [0.1, 0.15) is 0 Å². The van der Waals surface area contributed by atoms with E-state index in [0.29, 0.717) is 12.3 Å². The average Bonchev–Trinajstić information content (AvgIpc) is 2.40. The highest BCUT2D eigenvalue weighted by Crippen LogP contribution is 2.26. The zero-order chi connectivity index (χ0) is 13.4. The third kappa shape index (κ3) is 3.50. The summed E-state index contributed by atoms with van der Waals surface area (Å²) >= 11 is 1.65. The number of rotatable bonds is 8. The molecule has 1 unspecified atom stereocenters. The van der Waals surface area contributed by atoms with Crippen molar-refractivity contribution in [2.75, 3.05) is 18.1 Å². The normalized spacial score (nSPS) is 14.1. The maximum Gasteiger partial charge on any atom is 0.329 e. The first-order chi connectivity index (χ1) is 8.67. The molecule has 1 aromatic carbocycles. The van der Waals surface area contributed by atoms with E-state index in [-0.39, 0.29) is 0 Å². The summed E-state index contributed by atoms with van der Waals surface area (Å²) in [4.78, 5) is 11.8. The number of thioether (sulfide) groups is 1. The lowest BCUT2D eigenvalue weighted by Gasteiger charge is -2.31. The number of aliphatic carboxylic acids is 1. The highest BCUT2D eigenvalue weighted by Gasteiger charge is 2.39. The van der Waals surface area contributed by atoms with Gasteiger partial charge in [-0.25, -0.2) is 4.79 Å². The van der Waals surface area contributed by atoms with E-state index >= 15 is 0 Å². The van der Waals surface area contributed by atoms with E-state index in [4.69, 9.17) is 0 Å². The molecule has 0 radical (unpaired) electrons. The molecule has 0 amide bonds. The number of benzene rings is 1. The van der Waals surface area contributed by atoms with Crippen LogP contribution in [0.1, 0.15) is 25.8 Å². The highest BCUT2D eigenvalue weighted by molar-refractivity contribution is 7.99. The summed E-state index contributed by atoms with van der Waals surface area (Å²) in [6.07, 6.45) is 0.915. The maximum absolute atomic E-state index is 11.8. The van der Waals surface area contributed by atoms with Crippen molar-refractivity contribution in [3.8, 4) is 0 Å². The quantitative estimate of drug-likeness (QED) is 0.760. The summed E-state index contributed by atoms with van der Waals surface area (Å²) in [5.74, 6) is 0.654. The van der Waals surface area contributed by atoms with Crippen LogP contribution in [-0.4, -0.2) is 29.1 Å². The van der Waals surface area contributed by atoms with Crippen LogP contribution in [0.3, 0.4) is 0 Å². The molecule has 100 valence electrons. The number of hydrogen-bond acceptors (Lipinski definition) is 3. The van der Waals surface area contributed by atoms with Crippen LogP contribution in [0, 0.1) is 0 Å². The van der Waals surface area contributed by atoms with Crippen LogP contribution in [0.5, 0.6) is 0 Å². The van der Waals surface area contributed by atoms with Gasteiger partial charge in [0.15, 0.2) is 5.54 Å². The lowest BCUT2D eigenvalue weighted by atomic mass is 9.91. The smallest absolute Gasteiger partial charge is 0.329 e. The largest absolute Gasteiger partial charge is 0.480 e. The minimum absolute atomic E-state index is 0.544. The molecular formula is C14H21NO2S. The molecule has 4 heteroatoms. The van der Waals surface area contributed by atoms with E-state index in [1.807, 2.05) is 44.2 Å². The fourth-order valence-corrected chi connectivity index (χ4v) is 2.72. The average molecular weight is 267 g/mol. The van der Waals surface area contributed by atoms with E-state index in [1.54, 1.807) is 11.8 Å². The van der Waals surface area contributed by atoms with Crippen molar-refractivity contribution in [1.82, 2.24) is 5.32 Å². The molecule has 0 bridgehead atoms. The SMILES string of the molecule is CCCNC(CSCC)(C(=O)O)c1ccccc1. The topological polar surface area (TPSA) is 49.3 Å². The predicted octanol–water partition coefficient (Wildman–Crippen LogP) is 2.72. The van der Waals surface area contributed by atoms with Crippen molar-refractivity contribution in [3.63, 3.8) is 0 Å². The molecule has 0 aliphatic rings. The molecule has 1 aromatic rings. The van der Waals surface area contributed by atoms with Crippen molar-refractivity contribution in [1.29, 1.82) is 0 Å². The Morgan fingerprint density at radius 3 is 2.50 bits per heavy atom. The van der Waals surface area contributed by atoms with Gasteiger partial charge in [0, 0.05) is 5.75 Å². The Bertz CT molecular complexity index is 359. The Balaban J connectivity index is 3.07. The van der Waals surface area contributed by atoms with Gasteiger partial charge in [-0.05, 0) is 24.3 Å². The summed E-state index contributed by atoms with van der Waals surface area (Å²) in [6.45, 7) is 4.78. The van der Waals surface area contributed by atoms with Gasteiger partial charge in [-0.1, -0.05) is 44.2 Å². The van der Waals surface area contributed by atoms with E-state index in [1.165, 1.54) is 0 Å². The van der Waals surface area contributed by atoms with Crippen molar-refractivity contribution >= 4 is 17.7 Å². The number of nitrogens with one attached hydrogen (secondary N) is 1. The monoisotopic (exact) mass is 267 g/mol. The van der Waals surface area contributed by atoms with E-state index in [2.05, 4.69) is 5.32 Å². The van der Waals surface area contributed by atoms with Crippen LogP contribution in [-0.2, 0) is 10.3 Å². The molecule has 0 saturated heterocycles. The third-order valence-corrected chi connectivity index (χ3v) is 3.88. The van der Waals surface area contributed by atoms with Crippen LogP contribution in [0.25, 0.3) is 0 Å². The molecule has 18 heavy (non-hydrogen) atoms. The molecule has 1 rings (SSSR count). The molecule has 1 atom stereocenters. The fraction of sp³-hybridized carbons (Fsp3) is 0.500. The fourth-order valence-electron chi connectivity index (χ4n) is 1.81. The predicted molar refractivity (Wildman–Crippen MR) is 77.0 cm³/mol. The third-order valence-electron chi connectivity index (χ3n) is 2.83. The second-order valence-electron chi connectivity index (χ2n) is 4.14. The summed E-state index contributed by atoms with van der Waals surface area (Å²) in [5.41, 5.74) is -0.148. The van der Waals surface area contributed by atoms with Gasteiger partial charge in [-0.15, -0.1) is 0 Å². The minimum Gasteiger partial charge on any atom is -0.480 e. The molecular weight excluding hydrogens is 246 g/mol. The molecule has 2 N–H and O–H groups in total. The molecule has 0 aromatic heterocycles. The molecule has 0 spiro atoms. The first-order valence-corrected chi connectivity index (χ1v) is 7.44. The summed E-state index contributed by atoms with van der Waals surface area (Å²) in [7, 11) is 0. The van der Waals surface area contributed by atoms with Gasteiger partial charge < -0.3 is 5.11 Å². The first-order valence-electron chi connectivity index (χ1n) is 6.29. The van der Waals surface area contributed by atoms with Crippen molar-refractivity contribution in [2.24, 2.45) is 0 Å². The van der Waals surface area contributed by atoms with Gasteiger partial charge in [-0.2, -0.15) is 11.8 Å². The Kier molecular flexibility index (Phi) is 6.22. The van der Waals surface area contributed by atoms with E-state index in [9.17, 15) is 9.90 Å². The van der Waals surface area contributed by atoms with Crippen molar-refractivity contribution < 1.29 is 9.90 Å². The van der Waals surface area contributed by atoms with Crippen LogP contribution in [0.4, 0.5) is 0 Å². The highest BCUT2D eigenvalue weighted by atomic mass is 32.2. The number of hydrogen-bond donors (Lipinski definition) is 2. The maximum atomic E-state index is 11.8. The summed E-state index contributed by atoms with van der Waals surface area (Å²) in [6, 6.07) is 9.44. The van der Waals surface area contributed by atoms with Crippen LogP contribution >= 0.6 is 11.8 Å².